The Kier molecular flexibility index (Phi) is 49.0. The van der Waals surface area contributed by atoms with Crippen LogP contribution in [0.25, 0.3) is 0 Å². The Bertz CT molecular complexity index is 1300. The molecule has 0 radical (unpaired) electrons. The molecule has 1 atom stereocenters. The SMILES string of the molecule is CC/C=C\C/C=C\C/C=C\C/C=C\CCCCC(=O)O[C@H](COC(=O)CCCCCCC/C=C\C/C=C\C/C=C\CC)COC(=O)CCCCCCC/C=C\CCCCCCCCC. The van der Waals surface area contributed by atoms with Crippen LogP contribution < -0.4 is 0 Å². The lowest BCUT2D eigenvalue weighted by atomic mass is 10.1. The smallest absolute Gasteiger partial charge is 0.306 e. The van der Waals surface area contributed by atoms with Gasteiger partial charge in [0.25, 0.3) is 0 Å². The van der Waals surface area contributed by atoms with Gasteiger partial charge in [-0.3, -0.25) is 14.4 Å². The molecule has 0 bridgehead atoms. The van der Waals surface area contributed by atoms with Gasteiger partial charge in [-0.05, 0) is 116 Å². The summed E-state index contributed by atoms with van der Waals surface area (Å²) in [6.45, 7) is 6.35. The second-order valence-corrected chi connectivity index (χ2v) is 17.0. The summed E-state index contributed by atoms with van der Waals surface area (Å²) < 4.78 is 16.8. The molecule has 0 N–H and O–H groups in total. The molecule has 0 aliphatic rings. The normalized spacial score (nSPS) is 12.9. The van der Waals surface area contributed by atoms with E-state index in [1.165, 1.54) is 57.8 Å². The highest BCUT2D eigenvalue weighted by molar-refractivity contribution is 5.71. The van der Waals surface area contributed by atoms with Crippen LogP contribution in [0.2, 0.25) is 0 Å². The number of unbranched alkanes of at least 4 members (excludes halogenated alkanes) is 19. The number of rotatable bonds is 46. The minimum atomic E-state index is -0.810. The maximum atomic E-state index is 12.8. The number of esters is 3. The van der Waals surface area contributed by atoms with E-state index in [2.05, 4.69) is 118 Å². The van der Waals surface area contributed by atoms with Crippen molar-refractivity contribution in [2.45, 2.75) is 239 Å². The standard InChI is InChI=1S/C58H96O6/c1-4-7-10-13-16-19-22-25-28-31-33-36-39-42-45-48-51-57(60)63-54-55(64-58(61)52-49-46-43-40-37-34-30-27-24-21-18-15-12-9-6-3)53-62-56(59)50-47-44-41-38-35-32-29-26-23-20-17-14-11-8-5-2/h8-9,11-12,17-18,20-21,26-31,37,40,55H,4-7,10,13-16,19,22-25,32-36,38-39,41-54H2,1-3H3/b11-8-,12-9-,20-17-,21-18-,29-26-,30-27-,31-28-,40-37-/t55-/m1/s1. The zero-order valence-electron chi connectivity index (χ0n) is 41.5. The summed E-state index contributed by atoms with van der Waals surface area (Å²) in [4.78, 5) is 38.0. The Hall–Kier alpha value is -3.67. The molecule has 0 fully saturated rings. The van der Waals surface area contributed by atoms with Crippen molar-refractivity contribution in [3.63, 3.8) is 0 Å². The first-order valence-corrected chi connectivity index (χ1v) is 26.2. The highest BCUT2D eigenvalue weighted by Gasteiger charge is 2.19. The Morgan fingerprint density at radius 3 is 1.00 bits per heavy atom. The fourth-order valence-electron chi connectivity index (χ4n) is 6.91. The summed E-state index contributed by atoms with van der Waals surface area (Å²) in [5.41, 5.74) is 0. The monoisotopic (exact) mass is 889 g/mol. The molecular weight excluding hydrogens is 793 g/mol. The summed E-state index contributed by atoms with van der Waals surface area (Å²) in [5, 5.41) is 0. The van der Waals surface area contributed by atoms with Gasteiger partial charge in [-0.15, -0.1) is 0 Å². The van der Waals surface area contributed by atoms with E-state index in [0.29, 0.717) is 19.3 Å². The lowest BCUT2D eigenvalue weighted by Gasteiger charge is -2.18. The lowest BCUT2D eigenvalue weighted by Crippen LogP contribution is -2.30. The molecule has 0 unspecified atom stereocenters. The van der Waals surface area contributed by atoms with Crippen molar-refractivity contribution in [2.75, 3.05) is 13.2 Å². The number of carbonyl (C=O) groups is 3. The topological polar surface area (TPSA) is 78.9 Å². The number of allylic oxidation sites excluding steroid dienone is 16. The molecule has 0 aromatic carbocycles. The second kappa shape index (κ2) is 52.0. The second-order valence-electron chi connectivity index (χ2n) is 17.0. The lowest BCUT2D eigenvalue weighted by molar-refractivity contribution is -0.167. The average Bonchev–Trinajstić information content (AvgIpc) is 3.29. The van der Waals surface area contributed by atoms with E-state index in [0.717, 1.165) is 128 Å². The van der Waals surface area contributed by atoms with E-state index in [1.54, 1.807) is 0 Å². The quantitative estimate of drug-likeness (QED) is 0.0262. The molecule has 0 aromatic rings. The minimum Gasteiger partial charge on any atom is -0.462 e. The fraction of sp³-hybridized carbons (Fsp3) is 0.672. The Morgan fingerprint density at radius 1 is 0.328 bits per heavy atom. The van der Waals surface area contributed by atoms with E-state index in [4.69, 9.17) is 14.2 Å². The first-order chi connectivity index (χ1) is 31.5. The molecule has 0 spiro atoms. The minimum absolute atomic E-state index is 0.105. The van der Waals surface area contributed by atoms with Crippen LogP contribution in [-0.2, 0) is 28.6 Å². The Labute approximate surface area is 394 Å². The van der Waals surface area contributed by atoms with Gasteiger partial charge in [0.2, 0.25) is 0 Å². The predicted octanol–water partition coefficient (Wildman–Crippen LogP) is 17.4. The predicted molar refractivity (Wildman–Crippen MR) is 274 cm³/mol. The van der Waals surface area contributed by atoms with Gasteiger partial charge < -0.3 is 14.2 Å². The third kappa shape index (κ3) is 49.3. The van der Waals surface area contributed by atoms with Crippen LogP contribution in [-0.4, -0.2) is 37.2 Å². The highest BCUT2D eigenvalue weighted by Crippen LogP contribution is 2.13. The zero-order chi connectivity index (χ0) is 46.5. The van der Waals surface area contributed by atoms with Crippen LogP contribution in [0.4, 0.5) is 0 Å². The zero-order valence-corrected chi connectivity index (χ0v) is 41.5. The molecule has 0 heterocycles. The summed E-state index contributed by atoms with van der Waals surface area (Å²) in [6.07, 6.45) is 68.2. The molecule has 0 amide bonds. The molecule has 0 saturated heterocycles. The molecule has 0 rings (SSSR count). The number of ether oxygens (including phenoxy) is 3. The van der Waals surface area contributed by atoms with Crippen LogP contribution in [0.1, 0.15) is 233 Å². The van der Waals surface area contributed by atoms with E-state index < -0.39 is 6.10 Å². The van der Waals surface area contributed by atoms with Gasteiger partial charge in [-0.2, -0.15) is 0 Å². The number of hydrogen-bond donors (Lipinski definition) is 0. The number of hydrogen-bond acceptors (Lipinski definition) is 6. The van der Waals surface area contributed by atoms with Crippen molar-refractivity contribution in [1.29, 1.82) is 0 Å². The van der Waals surface area contributed by atoms with Gasteiger partial charge in [0.15, 0.2) is 6.10 Å². The summed E-state index contributed by atoms with van der Waals surface area (Å²) in [7, 11) is 0. The van der Waals surface area contributed by atoms with Crippen LogP contribution in [0, 0.1) is 0 Å². The largest absolute Gasteiger partial charge is 0.462 e. The molecule has 64 heavy (non-hydrogen) atoms. The van der Waals surface area contributed by atoms with Gasteiger partial charge in [0.05, 0.1) is 0 Å². The van der Waals surface area contributed by atoms with E-state index >= 15 is 0 Å². The summed E-state index contributed by atoms with van der Waals surface area (Å²) in [6, 6.07) is 0. The highest BCUT2D eigenvalue weighted by atomic mass is 16.6. The van der Waals surface area contributed by atoms with Gasteiger partial charge in [-0.25, -0.2) is 0 Å². The van der Waals surface area contributed by atoms with Crippen molar-refractivity contribution >= 4 is 17.9 Å². The van der Waals surface area contributed by atoms with Crippen LogP contribution in [0.5, 0.6) is 0 Å². The first-order valence-electron chi connectivity index (χ1n) is 26.2. The van der Waals surface area contributed by atoms with E-state index in [1.807, 2.05) is 0 Å². The third-order valence-electron chi connectivity index (χ3n) is 10.8. The van der Waals surface area contributed by atoms with Gasteiger partial charge in [0.1, 0.15) is 13.2 Å². The summed E-state index contributed by atoms with van der Waals surface area (Å²) in [5.74, 6) is -0.974. The van der Waals surface area contributed by atoms with Crippen molar-refractivity contribution in [1.82, 2.24) is 0 Å². The van der Waals surface area contributed by atoms with Crippen molar-refractivity contribution in [2.24, 2.45) is 0 Å². The molecule has 0 saturated carbocycles. The van der Waals surface area contributed by atoms with Gasteiger partial charge in [-0.1, -0.05) is 195 Å². The molecule has 0 aliphatic heterocycles. The first kappa shape index (κ1) is 60.3. The van der Waals surface area contributed by atoms with Crippen molar-refractivity contribution in [3.8, 4) is 0 Å². The molecular formula is C58H96O6. The molecule has 0 aromatic heterocycles. The van der Waals surface area contributed by atoms with Crippen LogP contribution in [0.15, 0.2) is 97.2 Å². The maximum Gasteiger partial charge on any atom is 0.306 e. The van der Waals surface area contributed by atoms with E-state index in [9.17, 15) is 14.4 Å². The molecule has 6 nitrogen and oxygen atoms in total. The van der Waals surface area contributed by atoms with E-state index in [-0.39, 0.29) is 37.5 Å². The average molecular weight is 889 g/mol. The summed E-state index contributed by atoms with van der Waals surface area (Å²) >= 11 is 0. The molecule has 0 aliphatic carbocycles. The molecule has 364 valence electrons. The van der Waals surface area contributed by atoms with Gasteiger partial charge >= 0.3 is 17.9 Å². The van der Waals surface area contributed by atoms with Gasteiger partial charge in [0, 0.05) is 19.3 Å². The fourth-order valence-corrected chi connectivity index (χ4v) is 6.91. The van der Waals surface area contributed by atoms with Crippen molar-refractivity contribution in [3.05, 3.63) is 97.2 Å². The molecule has 6 heteroatoms. The Morgan fingerprint density at radius 2 is 0.609 bits per heavy atom. The Balaban J connectivity index is 4.50. The maximum absolute atomic E-state index is 12.8. The van der Waals surface area contributed by atoms with Crippen molar-refractivity contribution < 1.29 is 28.6 Å². The number of carbonyl (C=O) groups excluding carboxylic acids is 3. The third-order valence-corrected chi connectivity index (χ3v) is 10.8. The van der Waals surface area contributed by atoms with Crippen LogP contribution in [0.3, 0.4) is 0 Å². The van der Waals surface area contributed by atoms with Crippen LogP contribution >= 0.6 is 0 Å².